The maximum atomic E-state index is 14.1. The number of anilines is 1. The quantitative estimate of drug-likeness (QED) is 0.702. The van der Waals surface area contributed by atoms with Crippen LogP contribution in [0.5, 0.6) is 5.75 Å². The van der Waals surface area contributed by atoms with Gasteiger partial charge in [-0.25, -0.2) is 4.79 Å². The van der Waals surface area contributed by atoms with Crippen molar-refractivity contribution >= 4 is 11.9 Å². The summed E-state index contributed by atoms with van der Waals surface area (Å²) in [6, 6.07) is 1.88. The number of nitrogens with zero attached hydrogens (tertiary/aromatic N) is 6. The molecule has 1 spiro atoms. The minimum Gasteiger partial charge on any atom is -0.504 e. The number of piperazine rings is 1. The highest BCUT2D eigenvalue weighted by Gasteiger charge is 2.51. The Kier molecular flexibility index (Phi) is 5.77. The predicted molar refractivity (Wildman–Crippen MR) is 119 cm³/mol. The minimum atomic E-state index is -0.881. The van der Waals surface area contributed by atoms with Crippen LogP contribution in [-0.4, -0.2) is 87.9 Å². The first kappa shape index (κ1) is 21.8. The van der Waals surface area contributed by atoms with Crippen LogP contribution in [0.15, 0.2) is 24.7 Å². The Morgan fingerprint density at radius 1 is 1.27 bits per heavy atom. The zero-order valence-corrected chi connectivity index (χ0v) is 18.8. The zero-order chi connectivity index (χ0) is 23.0. The Balaban J connectivity index is 1.22. The largest absolute Gasteiger partial charge is 0.504 e. The molecule has 0 bridgehead atoms. The summed E-state index contributed by atoms with van der Waals surface area (Å²) in [5.74, 6) is -0.891. The fourth-order valence-electron chi connectivity index (χ4n) is 5.52. The van der Waals surface area contributed by atoms with Crippen LogP contribution >= 0.6 is 0 Å². The van der Waals surface area contributed by atoms with Crippen LogP contribution in [0, 0.1) is 11.4 Å². The lowest BCUT2D eigenvalue weighted by molar-refractivity contribution is -0.00294. The molecule has 0 radical (unpaired) electrons. The molecular formula is C23H29FN6O3. The van der Waals surface area contributed by atoms with Crippen molar-refractivity contribution < 1.29 is 19.0 Å². The summed E-state index contributed by atoms with van der Waals surface area (Å²) in [5.41, 5.74) is 1.35. The van der Waals surface area contributed by atoms with Crippen molar-refractivity contribution in [2.24, 2.45) is 5.41 Å². The second-order valence-corrected chi connectivity index (χ2v) is 9.23. The summed E-state index contributed by atoms with van der Waals surface area (Å²) in [5, 5.41) is 9.89. The molecule has 5 rings (SSSR count). The van der Waals surface area contributed by atoms with Gasteiger partial charge in [0.1, 0.15) is 5.82 Å². The van der Waals surface area contributed by atoms with E-state index < -0.39 is 11.7 Å². The van der Waals surface area contributed by atoms with Gasteiger partial charge in [0.05, 0.1) is 18.5 Å². The van der Waals surface area contributed by atoms with Crippen LogP contribution in [0.25, 0.3) is 11.3 Å². The molecular weight excluding hydrogens is 427 g/mol. The number of rotatable bonds is 4. The summed E-state index contributed by atoms with van der Waals surface area (Å²) < 4.78 is 19.3. The number of carbonyl (C=O) groups excluding carboxylic acids is 1. The number of hydrogen-bond acceptors (Lipinski definition) is 8. The van der Waals surface area contributed by atoms with Gasteiger partial charge in [-0.2, -0.15) is 9.37 Å². The summed E-state index contributed by atoms with van der Waals surface area (Å²) >= 11 is 0. The van der Waals surface area contributed by atoms with E-state index in [1.165, 1.54) is 6.07 Å². The van der Waals surface area contributed by atoms with E-state index in [0.717, 1.165) is 45.4 Å². The molecule has 0 aromatic carbocycles. The third-order valence-corrected chi connectivity index (χ3v) is 7.16. The second kappa shape index (κ2) is 8.74. The smallest absolute Gasteiger partial charge is 0.409 e. The van der Waals surface area contributed by atoms with Gasteiger partial charge in [0.25, 0.3) is 5.95 Å². The molecule has 2 aliphatic heterocycles. The van der Waals surface area contributed by atoms with Gasteiger partial charge in [-0.1, -0.05) is 0 Å². The Morgan fingerprint density at radius 2 is 2.06 bits per heavy atom. The van der Waals surface area contributed by atoms with Crippen LogP contribution in [0.2, 0.25) is 0 Å². The topological polar surface area (TPSA) is 94.9 Å². The van der Waals surface area contributed by atoms with E-state index in [1.807, 2.05) is 11.8 Å². The molecule has 2 saturated heterocycles. The van der Waals surface area contributed by atoms with Gasteiger partial charge in [-0.05, 0) is 32.3 Å². The third kappa shape index (κ3) is 4.19. The SMILES string of the molecule is CCOC(=O)N1CC2(CC[C@@H](N3CCN(c4nc(F)c(O)cc4-c4cnccn4)CC3)C2)C1. The fraction of sp³-hybridized carbons (Fsp3) is 0.565. The second-order valence-electron chi connectivity index (χ2n) is 9.23. The van der Waals surface area contributed by atoms with E-state index in [4.69, 9.17) is 4.74 Å². The lowest BCUT2D eigenvalue weighted by Crippen LogP contribution is -2.58. The van der Waals surface area contributed by atoms with Crippen molar-refractivity contribution in [1.82, 2.24) is 24.8 Å². The lowest BCUT2D eigenvalue weighted by Gasteiger charge is -2.48. The van der Waals surface area contributed by atoms with Crippen molar-refractivity contribution in [3.63, 3.8) is 0 Å². The van der Waals surface area contributed by atoms with E-state index in [-0.39, 0.29) is 11.5 Å². The molecule has 3 aliphatic rings. The summed E-state index contributed by atoms with van der Waals surface area (Å²) in [6.07, 6.45) is 7.89. The van der Waals surface area contributed by atoms with Gasteiger partial charge in [0.15, 0.2) is 5.75 Å². The number of likely N-dealkylation sites (tertiary alicyclic amines) is 1. The highest BCUT2D eigenvalue weighted by Crippen LogP contribution is 2.47. The van der Waals surface area contributed by atoms with E-state index in [9.17, 15) is 14.3 Å². The number of carbonyl (C=O) groups is 1. The molecule has 1 atom stereocenters. The highest BCUT2D eigenvalue weighted by molar-refractivity contribution is 5.74. The monoisotopic (exact) mass is 456 g/mol. The average molecular weight is 457 g/mol. The van der Waals surface area contributed by atoms with Gasteiger partial charge in [0, 0.05) is 68.7 Å². The minimum absolute atomic E-state index is 0.201. The summed E-state index contributed by atoms with van der Waals surface area (Å²) in [6.45, 7) is 6.95. The normalized spacial score (nSPS) is 22.4. The van der Waals surface area contributed by atoms with E-state index in [0.29, 0.717) is 42.8 Å². The van der Waals surface area contributed by atoms with Crippen molar-refractivity contribution in [2.75, 3.05) is 50.8 Å². The van der Waals surface area contributed by atoms with Gasteiger partial charge in [0.2, 0.25) is 0 Å². The number of halogens is 1. The number of hydrogen-bond donors (Lipinski definition) is 1. The van der Waals surface area contributed by atoms with Crippen LogP contribution < -0.4 is 4.90 Å². The number of ether oxygens (including phenoxy) is 1. The van der Waals surface area contributed by atoms with Gasteiger partial charge in [-0.3, -0.25) is 14.9 Å². The molecule has 1 amide bonds. The molecule has 176 valence electrons. The van der Waals surface area contributed by atoms with Crippen LogP contribution in [0.4, 0.5) is 15.0 Å². The third-order valence-electron chi connectivity index (χ3n) is 7.16. The first-order valence-electron chi connectivity index (χ1n) is 11.5. The first-order valence-corrected chi connectivity index (χ1v) is 11.5. The van der Waals surface area contributed by atoms with E-state index >= 15 is 0 Å². The Bertz CT molecular complexity index is 1010. The fourth-order valence-corrected chi connectivity index (χ4v) is 5.52. The molecule has 1 N–H and O–H groups in total. The molecule has 1 saturated carbocycles. The standard InChI is InChI=1S/C23H29FN6O3/c1-2-33-22(32)30-14-23(15-30)4-3-16(12-23)28-7-9-29(10-8-28)21-17(11-19(31)20(24)27-21)18-13-25-5-6-26-18/h5-6,11,13,16,31H,2-4,7-10,12,14-15H2,1H3/t16-/m1/s1. The number of aromatic hydroxyl groups is 1. The molecule has 33 heavy (non-hydrogen) atoms. The average Bonchev–Trinajstić information content (AvgIpc) is 3.26. The predicted octanol–water partition coefficient (Wildman–Crippen LogP) is 2.52. The van der Waals surface area contributed by atoms with Crippen molar-refractivity contribution in [2.45, 2.75) is 32.2 Å². The molecule has 1 aliphatic carbocycles. The van der Waals surface area contributed by atoms with Gasteiger partial charge >= 0.3 is 6.09 Å². The Labute approximate surface area is 192 Å². The maximum absolute atomic E-state index is 14.1. The first-order chi connectivity index (χ1) is 16.0. The van der Waals surface area contributed by atoms with Crippen molar-refractivity contribution in [3.8, 4) is 17.0 Å². The van der Waals surface area contributed by atoms with Gasteiger partial charge < -0.3 is 19.6 Å². The maximum Gasteiger partial charge on any atom is 0.409 e. The van der Waals surface area contributed by atoms with Crippen LogP contribution in [0.3, 0.4) is 0 Å². The molecule has 9 nitrogen and oxygen atoms in total. The Hall–Kier alpha value is -3.01. The molecule has 3 fully saturated rings. The molecule has 2 aromatic rings. The van der Waals surface area contributed by atoms with E-state index in [2.05, 4.69) is 24.8 Å². The zero-order valence-electron chi connectivity index (χ0n) is 18.8. The number of amides is 1. The summed E-state index contributed by atoms with van der Waals surface area (Å²) in [7, 11) is 0. The molecule has 2 aromatic heterocycles. The van der Waals surface area contributed by atoms with Crippen molar-refractivity contribution in [3.05, 3.63) is 30.6 Å². The summed E-state index contributed by atoms with van der Waals surface area (Å²) in [4.78, 5) is 30.8. The van der Waals surface area contributed by atoms with Crippen molar-refractivity contribution in [1.29, 1.82) is 0 Å². The number of pyridine rings is 1. The molecule has 4 heterocycles. The highest BCUT2D eigenvalue weighted by atomic mass is 19.1. The van der Waals surface area contributed by atoms with Crippen LogP contribution in [0.1, 0.15) is 26.2 Å². The van der Waals surface area contributed by atoms with Crippen LogP contribution in [-0.2, 0) is 4.74 Å². The number of aromatic nitrogens is 3. The molecule has 0 unspecified atom stereocenters. The molecule has 10 heteroatoms. The van der Waals surface area contributed by atoms with E-state index in [1.54, 1.807) is 18.6 Å². The lowest BCUT2D eigenvalue weighted by atomic mass is 9.78. The Morgan fingerprint density at radius 3 is 2.76 bits per heavy atom. The van der Waals surface area contributed by atoms with Gasteiger partial charge in [-0.15, -0.1) is 0 Å².